The zero-order valence-corrected chi connectivity index (χ0v) is 8.75. The number of nitrogens with zero attached hydrogens (tertiary/aromatic N) is 1. The molecule has 1 heterocycles. The molecule has 1 aromatic carbocycles. The summed E-state index contributed by atoms with van der Waals surface area (Å²) in [6.07, 6.45) is 2.13. The molecule has 0 radical (unpaired) electrons. The van der Waals surface area contributed by atoms with Crippen LogP contribution in [0.1, 0.15) is 13.8 Å². The van der Waals surface area contributed by atoms with Crippen LogP contribution in [-0.4, -0.2) is 4.57 Å². The summed E-state index contributed by atoms with van der Waals surface area (Å²) in [5.74, 6) is 0. The summed E-state index contributed by atoms with van der Waals surface area (Å²) in [6, 6.07) is 8.43. The predicted octanol–water partition coefficient (Wildman–Crippen LogP) is 1.87. The Kier molecular flexibility index (Phi) is 2.16. The molecular weight excluding hydrogens is 170 g/mol. The van der Waals surface area contributed by atoms with Crippen LogP contribution in [0.15, 0.2) is 24.3 Å². The average molecular weight is 185 g/mol. The third-order valence-corrected chi connectivity index (χ3v) is 2.71. The van der Waals surface area contributed by atoms with Crippen molar-refractivity contribution in [3.05, 3.63) is 34.8 Å². The van der Waals surface area contributed by atoms with Gasteiger partial charge in [0, 0.05) is 22.8 Å². The van der Waals surface area contributed by atoms with Crippen LogP contribution in [0, 0.1) is 0 Å². The fraction of sp³-hybridized carbons (Fsp3) is 0.231. The van der Waals surface area contributed by atoms with E-state index in [9.17, 15) is 0 Å². The molecule has 0 amide bonds. The topological polar surface area (TPSA) is 4.93 Å². The van der Waals surface area contributed by atoms with Gasteiger partial charge in [0.1, 0.15) is 0 Å². The smallest absolute Gasteiger partial charge is 0.0490 e. The van der Waals surface area contributed by atoms with Crippen molar-refractivity contribution in [2.75, 3.05) is 0 Å². The maximum atomic E-state index is 4.14. The Hall–Kier alpha value is -1.50. The van der Waals surface area contributed by atoms with Crippen LogP contribution < -0.4 is 10.6 Å². The first-order valence-corrected chi connectivity index (χ1v) is 5.02. The van der Waals surface area contributed by atoms with Gasteiger partial charge in [-0.15, -0.1) is 0 Å². The summed E-state index contributed by atoms with van der Waals surface area (Å²) in [7, 11) is 0. The SMILES string of the molecule is C=c1/c(=C\C)n(CC)c2ccccc12. The number of aryl methyl sites for hydroxylation is 1. The molecular formula is C13H15N. The lowest BCUT2D eigenvalue weighted by Crippen LogP contribution is -2.27. The summed E-state index contributed by atoms with van der Waals surface area (Å²) in [4.78, 5) is 0. The third-order valence-electron chi connectivity index (χ3n) is 2.71. The number of rotatable bonds is 1. The number of hydrogen-bond acceptors (Lipinski definition) is 0. The van der Waals surface area contributed by atoms with Crippen LogP contribution in [0.4, 0.5) is 0 Å². The van der Waals surface area contributed by atoms with Crippen LogP contribution in [0.25, 0.3) is 23.6 Å². The van der Waals surface area contributed by atoms with Crippen molar-refractivity contribution in [3.63, 3.8) is 0 Å². The predicted molar refractivity (Wildman–Crippen MR) is 62.5 cm³/mol. The van der Waals surface area contributed by atoms with Crippen molar-refractivity contribution in [1.29, 1.82) is 0 Å². The highest BCUT2D eigenvalue weighted by molar-refractivity contribution is 5.81. The molecule has 0 N–H and O–H groups in total. The maximum absolute atomic E-state index is 4.14. The number of fused-ring (bicyclic) bond motifs is 1. The third kappa shape index (κ3) is 1.09. The normalized spacial score (nSPS) is 12.6. The maximum Gasteiger partial charge on any atom is 0.0490 e. The number of aromatic nitrogens is 1. The summed E-state index contributed by atoms with van der Waals surface area (Å²) >= 11 is 0. The molecule has 1 aromatic heterocycles. The van der Waals surface area contributed by atoms with E-state index in [4.69, 9.17) is 0 Å². The van der Waals surface area contributed by atoms with Gasteiger partial charge in [0.05, 0.1) is 0 Å². The Morgan fingerprint density at radius 1 is 1.36 bits per heavy atom. The molecule has 0 aliphatic heterocycles. The molecule has 0 saturated heterocycles. The first-order chi connectivity index (χ1) is 6.79. The lowest BCUT2D eigenvalue weighted by molar-refractivity contribution is 0.770. The minimum atomic E-state index is 0.996. The summed E-state index contributed by atoms with van der Waals surface area (Å²) in [5, 5.41) is 3.65. The zero-order valence-electron chi connectivity index (χ0n) is 8.75. The van der Waals surface area contributed by atoms with Gasteiger partial charge in [-0.1, -0.05) is 30.9 Å². The Balaban J connectivity index is 3.08. The highest BCUT2D eigenvalue weighted by Gasteiger charge is 2.02. The summed E-state index contributed by atoms with van der Waals surface area (Å²) in [6.45, 7) is 9.36. The van der Waals surface area contributed by atoms with Gasteiger partial charge in [-0.25, -0.2) is 0 Å². The van der Waals surface area contributed by atoms with E-state index in [1.807, 2.05) is 0 Å². The monoisotopic (exact) mass is 185 g/mol. The fourth-order valence-corrected chi connectivity index (χ4v) is 2.07. The Bertz CT molecular complexity index is 561. The van der Waals surface area contributed by atoms with Crippen molar-refractivity contribution in [2.24, 2.45) is 0 Å². The number of para-hydroxylation sites is 1. The van der Waals surface area contributed by atoms with E-state index in [1.165, 1.54) is 16.3 Å². The lowest BCUT2D eigenvalue weighted by Gasteiger charge is -2.00. The molecule has 0 atom stereocenters. The largest absolute Gasteiger partial charge is 0.341 e. The van der Waals surface area contributed by atoms with Gasteiger partial charge in [-0.05, 0) is 25.1 Å². The van der Waals surface area contributed by atoms with Gasteiger partial charge in [-0.2, -0.15) is 0 Å². The zero-order chi connectivity index (χ0) is 10.1. The standard InChI is InChI=1S/C13H15N/c1-4-12-10(3)11-8-6-7-9-13(11)14(12)5-2/h4,6-9H,3,5H2,1-2H3/b12-4+. The average Bonchev–Trinajstić information content (AvgIpc) is 2.51. The van der Waals surface area contributed by atoms with Crippen molar-refractivity contribution in [1.82, 2.24) is 4.57 Å². The summed E-state index contributed by atoms with van der Waals surface area (Å²) in [5.41, 5.74) is 1.29. The number of hydrogen-bond donors (Lipinski definition) is 0. The van der Waals surface area contributed by atoms with E-state index in [2.05, 4.69) is 55.3 Å². The van der Waals surface area contributed by atoms with Crippen LogP contribution in [0.2, 0.25) is 0 Å². The molecule has 2 aromatic rings. The van der Waals surface area contributed by atoms with E-state index in [1.54, 1.807) is 0 Å². The molecule has 0 fully saturated rings. The molecule has 0 bridgehead atoms. The molecule has 1 nitrogen and oxygen atoms in total. The Labute approximate surface area is 84.0 Å². The lowest BCUT2D eigenvalue weighted by atomic mass is 10.2. The van der Waals surface area contributed by atoms with E-state index in [0.29, 0.717) is 0 Å². The molecule has 0 aliphatic carbocycles. The van der Waals surface area contributed by atoms with Gasteiger partial charge in [0.25, 0.3) is 0 Å². The molecule has 72 valence electrons. The van der Waals surface area contributed by atoms with Crippen LogP contribution >= 0.6 is 0 Å². The second kappa shape index (κ2) is 3.33. The van der Waals surface area contributed by atoms with E-state index in [0.717, 1.165) is 11.8 Å². The fourth-order valence-electron chi connectivity index (χ4n) is 2.07. The molecule has 2 rings (SSSR count). The Morgan fingerprint density at radius 3 is 2.71 bits per heavy atom. The van der Waals surface area contributed by atoms with Gasteiger partial charge in [0.15, 0.2) is 0 Å². The molecule has 0 spiro atoms. The molecule has 1 heteroatoms. The van der Waals surface area contributed by atoms with E-state index in [-0.39, 0.29) is 0 Å². The van der Waals surface area contributed by atoms with Crippen LogP contribution in [-0.2, 0) is 6.54 Å². The van der Waals surface area contributed by atoms with Gasteiger partial charge in [-0.3, -0.25) is 0 Å². The second-order valence-electron chi connectivity index (χ2n) is 3.41. The van der Waals surface area contributed by atoms with Crippen molar-refractivity contribution < 1.29 is 0 Å². The minimum Gasteiger partial charge on any atom is -0.341 e. The van der Waals surface area contributed by atoms with E-state index >= 15 is 0 Å². The quantitative estimate of drug-likeness (QED) is 0.639. The number of benzene rings is 1. The second-order valence-corrected chi connectivity index (χ2v) is 3.41. The Morgan fingerprint density at radius 2 is 2.07 bits per heavy atom. The van der Waals surface area contributed by atoms with Gasteiger partial charge >= 0.3 is 0 Å². The summed E-state index contributed by atoms with van der Waals surface area (Å²) < 4.78 is 2.30. The molecule has 0 unspecified atom stereocenters. The van der Waals surface area contributed by atoms with Crippen LogP contribution in [0.5, 0.6) is 0 Å². The van der Waals surface area contributed by atoms with Crippen molar-refractivity contribution >= 4 is 23.6 Å². The van der Waals surface area contributed by atoms with Crippen molar-refractivity contribution in [2.45, 2.75) is 20.4 Å². The van der Waals surface area contributed by atoms with Gasteiger partial charge < -0.3 is 4.57 Å². The van der Waals surface area contributed by atoms with Crippen LogP contribution in [0.3, 0.4) is 0 Å². The minimum absolute atomic E-state index is 0.996. The van der Waals surface area contributed by atoms with Crippen molar-refractivity contribution in [3.8, 4) is 0 Å². The molecule has 0 aliphatic rings. The molecule has 14 heavy (non-hydrogen) atoms. The first-order valence-electron chi connectivity index (χ1n) is 5.02. The highest BCUT2D eigenvalue weighted by Crippen LogP contribution is 2.07. The first kappa shape index (κ1) is 9.07. The molecule has 0 saturated carbocycles. The van der Waals surface area contributed by atoms with E-state index < -0.39 is 0 Å². The highest BCUT2D eigenvalue weighted by atomic mass is 15.0. The van der Waals surface area contributed by atoms with Gasteiger partial charge in [0.2, 0.25) is 0 Å².